The van der Waals surface area contributed by atoms with Crippen molar-refractivity contribution in [3.05, 3.63) is 40.8 Å². The Morgan fingerprint density at radius 3 is 2.72 bits per heavy atom. The summed E-state index contributed by atoms with van der Waals surface area (Å²) >= 11 is 1.42. The lowest BCUT2D eigenvalue weighted by molar-refractivity contribution is -0.274. The highest BCUT2D eigenvalue weighted by molar-refractivity contribution is 7.09. The van der Waals surface area contributed by atoms with Crippen LogP contribution in [0.3, 0.4) is 0 Å². The molecule has 1 aromatic carbocycles. The Hall–Kier alpha value is -1.76. The van der Waals surface area contributed by atoms with Crippen LogP contribution in [0.15, 0.2) is 36.0 Å². The van der Waals surface area contributed by atoms with Gasteiger partial charge in [0.05, 0.1) is 17.7 Å². The van der Waals surface area contributed by atoms with Gasteiger partial charge in [0.1, 0.15) is 0 Å². The molecule has 96 valence electrons. The first-order valence-electron chi connectivity index (χ1n) is 5.00. The van der Waals surface area contributed by atoms with Crippen LogP contribution in [-0.2, 0) is 6.54 Å². The smallest absolute Gasteiger partial charge is 0.404 e. The summed E-state index contributed by atoms with van der Waals surface area (Å²) in [5.74, 6) is -0.241. The van der Waals surface area contributed by atoms with Gasteiger partial charge in [-0.3, -0.25) is 4.98 Å². The predicted octanol–water partition coefficient (Wildman–Crippen LogP) is 3.65. The summed E-state index contributed by atoms with van der Waals surface area (Å²) in [5.41, 5.74) is 1.96. The highest BCUT2D eigenvalue weighted by Crippen LogP contribution is 2.30. The molecule has 0 amide bonds. The largest absolute Gasteiger partial charge is 0.573 e. The van der Waals surface area contributed by atoms with Gasteiger partial charge in [-0.1, -0.05) is 12.1 Å². The molecule has 0 aliphatic heterocycles. The van der Waals surface area contributed by atoms with Gasteiger partial charge >= 0.3 is 6.36 Å². The second-order valence-electron chi connectivity index (χ2n) is 3.37. The molecule has 18 heavy (non-hydrogen) atoms. The summed E-state index contributed by atoms with van der Waals surface area (Å²) in [6, 6.07) is 5.92. The maximum absolute atomic E-state index is 12.2. The van der Waals surface area contributed by atoms with Crippen LogP contribution in [-0.4, -0.2) is 11.3 Å². The Balaban J connectivity index is 2.07. The number of nitrogens with zero attached hydrogens (tertiary/aromatic N) is 1. The van der Waals surface area contributed by atoms with Crippen molar-refractivity contribution in [1.29, 1.82) is 0 Å². The van der Waals surface area contributed by atoms with Crippen molar-refractivity contribution in [3.63, 3.8) is 0 Å². The fourth-order valence-corrected chi connectivity index (χ4v) is 1.87. The van der Waals surface area contributed by atoms with E-state index in [1.807, 2.05) is 0 Å². The van der Waals surface area contributed by atoms with Gasteiger partial charge in [0.2, 0.25) is 0 Å². The van der Waals surface area contributed by atoms with Gasteiger partial charge in [0.25, 0.3) is 0 Å². The molecule has 0 atom stereocenters. The van der Waals surface area contributed by atoms with E-state index in [0.717, 1.165) is 4.88 Å². The molecule has 1 heterocycles. The summed E-state index contributed by atoms with van der Waals surface area (Å²) < 4.78 is 40.5. The summed E-state index contributed by atoms with van der Waals surface area (Å²) in [7, 11) is 0. The topological polar surface area (TPSA) is 34.1 Å². The molecule has 0 aliphatic carbocycles. The Morgan fingerprint density at radius 2 is 2.06 bits per heavy atom. The van der Waals surface area contributed by atoms with Crippen LogP contribution in [0.1, 0.15) is 4.88 Å². The summed E-state index contributed by atoms with van der Waals surface area (Å²) in [6.07, 6.45) is -3.03. The quantitative estimate of drug-likeness (QED) is 0.924. The number of benzene rings is 1. The van der Waals surface area contributed by atoms with Crippen LogP contribution in [0, 0.1) is 0 Å². The average Bonchev–Trinajstić information content (AvgIpc) is 2.79. The second-order valence-corrected chi connectivity index (χ2v) is 4.34. The SMILES string of the molecule is FC(F)(F)Oc1ccccc1NCc1cncs1. The van der Waals surface area contributed by atoms with Gasteiger partial charge in [0, 0.05) is 11.1 Å². The van der Waals surface area contributed by atoms with Crippen molar-refractivity contribution in [2.75, 3.05) is 5.32 Å². The van der Waals surface area contributed by atoms with Crippen LogP contribution < -0.4 is 10.1 Å². The molecule has 3 nitrogen and oxygen atoms in total. The number of hydrogen-bond acceptors (Lipinski definition) is 4. The zero-order valence-corrected chi connectivity index (χ0v) is 9.89. The molecule has 0 fully saturated rings. The number of hydrogen-bond donors (Lipinski definition) is 1. The van der Waals surface area contributed by atoms with Crippen LogP contribution in [0.2, 0.25) is 0 Å². The number of ether oxygens (including phenoxy) is 1. The van der Waals surface area contributed by atoms with Gasteiger partial charge in [0.15, 0.2) is 5.75 Å². The van der Waals surface area contributed by atoms with E-state index >= 15 is 0 Å². The molecule has 2 aromatic rings. The molecule has 1 N–H and O–H groups in total. The lowest BCUT2D eigenvalue weighted by Gasteiger charge is -2.13. The van der Waals surface area contributed by atoms with E-state index in [1.54, 1.807) is 17.8 Å². The van der Waals surface area contributed by atoms with E-state index in [9.17, 15) is 13.2 Å². The number of thiazole rings is 1. The maximum atomic E-state index is 12.2. The Kier molecular flexibility index (Phi) is 3.71. The van der Waals surface area contributed by atoms with Crippen LogP contribution in [0.4, 0.5) is 18.9 Å². The molecule has 0 radical (unpaired) electrons. The minimum absolute atomic E-state index is 0.241. The average molecular weight is 274 g/mol. The van der Waals surface area contributed by atoms with E-state index in [4.69, 9.17) is 0 Å². The lowest BCUT2D eigenvalue weighted by atomic mass is 10.3. The number of para-hydroxylation sites is 2. The highest BCUT2D eigenvalue weighted by Gasteiger charge is 2.32. The van der Waals surface area contributed by atoms with Crippen molar-refractivity contribution in [3.8, 4) is 5.75 Å². The van der Waals surface area contributed by atoms with Gasteiger partial charge in [-0.15, -0.1) is 24.5 Å². The molecule has 2 rings (SSSR count). The number of rotatable bonds is 4. The first-order chi connectivity index (χ1) is 8.54. The fourth-order valence-electron chi connectivity index (χ4n) is 1.34. The van der Waals surface area contributed by atoms with E-state index in [-0.39, 0.29) is 5.75 Å². The Labute approximate surface area is 105 Å². The summed E-state index contributed by atoms with van der Waals surface area (Å²) in [6.45, 7) is 0.406. The van der Waals surface area contributed by atoms with Gasteiger partial charge in [-0.2, -0.15) is 0 Å². The molecule has 0 spiro atoms. The van der Waals surface area contributed by atoms with Gasteiger partial charge < -0.3 is 10.1 Å². The Morgan fingerprint density at radius 1 is 1.28 bits per heavy atom. The van der Waals surface area contributed by atoms with Gasteiger partial charge in [-0.25, -0.2) is 0 Å². The van der Waals surface area contributed by atoms with Crippen molar-refractivity contribution in [2.45, 2.75) is 12.9 Å². The molecule has 0 saturated heterocycles. The fraction of sp³-hybridized carbons (Fsp3) is 0.182. The monoisotopic (exact) mass is 274 g/mol. The minimum Gasteiger partial charge on any atom is -0.404 e. The normalized spacial score (nSPS) is 11.3. The first kappa shape index (κ1) is 12.7. The number of alkyl halides is 3. The third-order valence-electron chi connectivity index (χ3n) is 2.05. The summed E-state index contributed by atoms with van der Waals surface area (Å²) in [5, 5.41) is 2.88. The van der Waals surface area contributed by atoms with Crippen molar-refractivity contribution in [2.24, 2.45) is 0 Å². The molecular formula is C11H9F3N2OS. The zero-order valence-electron chi connectivity index (χ0n) is 9.07. The molecule has 0 bridgehead atoms. The molecule has 7 heteroatoms. The number of anilines is 1. The molecule has 0 saturated carbocycles. The number of halogens is 3. The third-order valence-corrected chi connectivity index (χ3v) is 2.83. The lowest BCUT2D eigenvalue weighted by Crippen LogP contribution is -2.18. The predicted molar refractivity (Wildman–Crippen MR) is 62.6 cm³/mol. The highest BCUT2D eigenvalue weighted by atomic mass is 32.1. The van der Waals surface area contributed by atoms with Crippen molar-refractivity contribution in [1.82, 2.24) is 4.98 Å². The molecule has 0 aliphatic rings. The first-order valence-corrected chi connectivity index (χ1v) is 5.88. The van der Waals surface area contributed by atoms with Crippen LogP contribution in [0.25, 0.3) is 0 Å². The number of aromatic nitrogens is 1. The molecule has 0 unspecified atom stereocenters. The summed E-state index contributed by atoms with van der Waals surface area (Å²) in [4.78, 5) is 4.81. The number of nitrogens with one attached hydrogen (secondary N) is 1. The third kappa shape index (κ3) is 3.63. The van der Waals surface area contributed by atoms with Crippen LogP contribution >= 0.6 is 11.3 Å². The van der Waals surface area contributed by atoms with E-state index in [2.05, 4.69) is 15.0 Å². The molecule has 1 aromatic heterocycles. The van der Waals surface area contributed by atoms with E-state index in [0.29, 0.717) is 12.2 Å². The maximum Gasteiger partial charge on any atom is 0.573 e. The standard InChI is InChI=1S/C11H9F3N2OS/c12-11(13,14)17-10-4-2-1-3-9(10)16-6-8-5-15-7-18-8/h1-5,7,16H,6H2. The van der Waals surface area contributed by atoms with E-state index in [1.165, 1.54) is 29.5 Å². The van der Waals surface area contributed by atoms with Gasteiger partial charge in [-0.05, 0) is 12.1 Å². The minimum atomic E-state index is -4.69. The van der Waals surface area contributed by atoms with E-state index < -0.39 is 6.36 Å². The molecular weight excluding hydrogens is 265 g/mol. The zero-order chi connectivity index (χ0) is 13.0. The second kappa shape index (κ2) is 5.26. The van der Waals surface area contributed by atoms with Crippen molar-refractivity contribution >= 4 is 17.0 Å². The van der Waals surface area contributed by atoms with Crippen molar-refractivity contribution < 1.29 is 17.9 Å². The van der Waals surface area contributed by atoms with Crippen LogP contribution in [0.5, 0.6) is 5.75 Å². The Bertz CT molecular complexity index is 499.